The molecule has 0 N–H and O–H groups in total. The molecule has 0 bridgehead atoms. The van der Waals surface area contributed by atoms with Crippen LogP contribution in [0.25, 0.3) is 5.69 Å². The lowest BCUT2D eigenvalue weighted by molar-refractivity contribution is 0.0795. The Balaban J connectivity index is 2.25. The van der Waals surface area contributed by atoms with E-state index in [-0.39, 0.29) is 17.3 Å². The third-order valence-electron chi connectivity index (χ3n) is 4.31. The average molecular weight is 348 g/mol. The van der Waals surface area contributed by atoms with Gasteiger partial charge in [0.1, 0.15) is 11.2 Å². The van der Waals surface area contributed by atoms with E-state index in [1.165, 1.54) is 10.6 Å². The van der Waals surface area contributed by atoms with Crippen LogP contribution in [0, 0.1) is 0 Å². The molecule has 0 radical (unpaired) electrons. The van der Waals surface area contributed by atoms with Crippen LogP contribution in [0.15, 0.2) is 35.5 Å². The standard InChI is InChI=1S/C16H20N4O3S/c1-4-18(3)16(21)15-13-10-19(5-2)24(22,23)14-9-7-6-8-12(14)20(13)11-17-15/h6-9,11H,4-5,10H2,1-3H3. The molecular formula is C16H20N4O3S. The minimum atomic E-state index is -3.62. The van der Waals surface area contributed by atoms with Gasteiger partial charge in [0.2, 0.25) is 10.0 Å². The third-order valence-corrected chi connectivity index (χ3v) is 6.28. The molecule has 0 saturated carbocycles. The fraction of sp³-hybridized carbons (Fsp3) is 0.375. The first kappa shape index (κ1) is 16.7. The van der Waals surface area contributed by atoms with E-state index in [1.807, 2.05) is 6.92 Å². The molecule has 1 aromatic carbocycles. The van der Waals surface area contributed by atoms with Gasteiger partial charge in [-0.05, 0) is 19.1 Å². The van der Waals surface area contributed by atoms with Gasteiger partial charge in [0, 0.05) is 20.1 Å². The van der Waals surface area contributed by atoms with Crippen molar-refractivity contribution in [2.45, 2.75) is 25.3 Å². The molecule has 0 aliphatic carbocycles. The number of aromatic nitrogens is 2. The quantitative estimate of drug-likeness (QED) is 0.842. The minimum absolute atomic E-state index is 0.117. The molecule has 0 unspecified atom stereocenters. The molecule has 24 heavy (non-hydrogen) atoms. The summed E-state index contributed by atoms with van der Waals surface area (Å²) in [5.41, 5.74) is 1.41. The highest BCUT2D eigenvalue weighted by Crippen LogP contribution is 2.31. The lowest BCUT2D eigenvalue weighted by Gasteiger charge is -2.19. The number of hydrogen-bond donors (Lipinski definition) is 0. The number of amides is 1. The number of para-hydroxylation sites is 1. The fourth-order valence-corrected chi connectivity index (χ4v) is 4.37. The second kappa shape index (κ2) is 6.03. The monoisotopic (exact) mass is 348 g/mol. The predicted molar refractivity (Wildman–Crippen MR) is 89.5 cm³/mol. The third kappa shape index (κ3) is 2.42. The molecule has 3 rings (SSSR count). The molecule has 1 aliphatic heterocycles. The van der Waals surface area contributed by atoms with Crippen molar-refractivity contribution < 1.29 is 13.2 Å². The van der Waals surface area contributed by atoms with Gasteiger partial charge in [0.15, 0.2) is 5.69 Å². The number of fused-ring (bicyclic) bond motifs is 3. The van der Waals surface area contributed by atoms with Crippen molar-refractivity contribution in [3.63, 3.8) is 0 Å². The number of sulfonamides is 1. The highest BCUT2D eigenvalue weighted by Gasteiger charge is 2.34. The van der Waals surface area contributed by atoms with Gasteiger partial charge in [-0.3, -0.25) is 9.36 Å². The smallest absolute Gasteiger partial charge is 0.274 e. The van der Waals surface area contributed by atoms with Gasteiger partial charge in [-0.1, -0.05) is 19.1 Å². The Bertz CT molecular complexity index is 888. The molecule has 128 valence electrons. The van der Waals surface area contributed by atoms with Gasteiger partial charge < -0.3 is 4.90 Å². The Morgan fingerprint density at radius 1 is 1.29 bits per heavy atom. The van der Waals surface area contributed by atoms with Crippen LogP contribution in [-0.4, -0.2) is 53.2 Å². The zero-order valence-electron chi connectivity index (χ0n) is 13.9. The van der Waals surface area contributed by atoms with Crippen LogP contribution < -0.4 is 0 Å². The molecule has 1 aliphatic rings. The summed E-state index contributed by atoms with van der Waals surface area (Å²) in [6.07, 6.45) is 1.53. The van der Waals surface area contributed by atoms with Crippen LogP contribution in [0.5, 0.6) is 0 Å². The van der Waals surface area contributed by atoms with Crippen LogP contribution in [0.1, 0.15) is 30.0 Å². The molecule has 2 heterocycles. The van der Waals surface area contributed by atoms with E-state index in [4.69, 9.17) is 0 Å². The Morgan fingerprint density at radius 3 is 2.67 bits per heavy atom. The summed E-state index contributed by atoms with van der Waals surface area (Å²) in [5.74, 6) is -0.209. The van der Waals surface area contributed by atoms with Crippen molar-refractivity contribution in [2.24, 2.45) is 0 Å². The van der Waals surface area contributed by atoms with E-state index >= 15 is 0 Å². The van der Waals surface area contributed by atoms with Gasteiger partial charge in [-0.2, -0.15) is 4.31 Å². The van der Waals surface area contributed by atoms with Gasteiger partial charge in [0.05, 0.1) is 17.9 Å². The van der Waals surface area contributed by atoms with Crippen molar-refractivity contribution >= 4 is 15.9 Å². The highest BCUT2D eigenvalue weighted by molar-refractivity contribution is 7.89. The van der Waals surface area contributed by atoms with E-state index in [0.29, 0.717) is 30.2 Å². The normalized spacial score (nSPS) is 16.1. The summed E-state index contributed by atoms with van der Waals surface area (Å²) in [4.78, 5) is 18.6. The summed E-state index contributed by atoms with van der Waals surface area (Å²) in [6.45, 7) is 4.65. The SMILES string of the molecule is CCN(C)C(=O)c1ncn2c1CN(CC)S(=O)(=O)c1ccccc1-2. The van der Waals surface area contributed by atoms with Crippen LogP contribution >= 0.6 is 0 Å². The van der Waals surface area contributed by atoms with Gasteiger partial charge in [0.25, 0.3) is 5.91 Å². The Morgan fingerprint density at radius 2 is 2.00 bits per heavy atom. The maximum absolute atomic E-state index is 12.9. The van der Waals surface area contributed by atoms with Crippen LogP contribution in [0.2, 0.25) is 0 Å². The van der Waals surface area contributed by atoms with Crippen molar-refractivity contribution in [1.82, 2.24) is 18.8 Å². The van der Waals surface area contributed by atoms with Gasteiger partial charge in [-0.15, -0.1) is 0 Å². The molecule has 8 heteroatoms. The maximum atomic E-state index is 12.9. The first-order valence-electron chi connectivity index (χ1n) is 7.83. The predicted octanol–water partition coefficient (Wildman–Crippen LogP) is 1.49. The number of nitrogens with zero attached hydrogens (tertiary/aromatic N) is 4. The summed E-state index contributed by atoms with van der Waals surface area (Å²) in [7, 11) is -1.91. The van der Waals surface area contributed by atoms with Gasteiger partial charge in [-0.25, -0.2) is 13.4 Å². The second-order valence-corrected chi connectivity index (χ2v) is 7.53. The molecule has 0 atom stereocenters. The number of carbonyl (C=O) groups is 1. The zero-order chi connectivity index (χ0) is 17.5. The Kier molecular flexibility index (Phi) is 4.18. The summed E-state index contributed by atoms with van der Waals surface area (Å²) in [6, 6.07) is 6.79. The van der Waals surface area contributed by atoms with Crippen molar-refractivity contribution in [1.29, 1.82) is 0 Å². The van der Waals surface area contributed by atoms with Crippen LogP contribution in [0.4, 0.5) is 0 Å². The van der Waals surface area contributed by atoms with Gasteiger partial charge >= 0.3 is 0 Å². The number of benzene rings is 1. The lowest BCUT2D eigenvalue weighted by Crippen LogP contribution is -2.32. The topological polar surface area (TPSA) is 75.5 Å². The number of imidazole rings is 1. The van der Waals surface area contributed by atoms with Crippen LogP contribution in [0.3, 0.4) is 0 Å². The van der Waals surface area contributed by atoms with Crippen molar-refractivity contribution in [3.05, 3.63) is 42.0 Å². The summed E-state index contributed by atoms with van der Waals surface area (Å²) < 4.78 is 28.9. The number of hydrogen-bond acceptors (Lipinski definition) is 4. The zero-order valence-corrected chi connectivity index (χ0v) is 14.7. The second-order valence-electron chi connectivity index (χ2n) is 5.63. The Hall–Kier alpha value is -2.19. The summed E-state index contributed by atoms with van der Waals surface area (Å²) >= 11 is 0. The molecule has 0 spiro atoms. The molecule has 0 fully saturated rings. The highest BCUT2D eigenvalue weighted by atomic mass is 32.2. The van der Waals surface area contributed by atoms with E-state index < -0.39 is 10.0 Å². The largest absolute Gasteiger partial charge is 0.341 e. The average Bonchev–Trinajstić information content (AvgIpc) is 2.97. The molecule has 1 amide bonds. The number of rotatable bonds is 3. The van der Waals surface area contributed by atoms with E-state index in [2.05, 4.69) is 4.98 Å². The molecular weight excluding hydrogens is 328 g/mol. The molecule has 7 nitrogen and oxygen atoms in total. The maximum Gasteiger partial charge on any atom is 0.274 e. The minimum Gasteiger partial charge on any atom is -0.341 e. The van der Waals surface area contributed by atoms with E-state index in [1.54, 1.807) is 47.7 Å². The molecule has 1 aromatic heterocycles. The first-order chi connectivity index (χ1) is 11.4. The number of carbonyl (C=O) groups excluding carboxylic acids is 1. The van der Waals surface area contributed by atoms with E-state index in [9.17, 15) is 13.2 Å². The molecule has 0 saturated heterocycles. The Labute approximate surface area is 141 Å². The van der Waals surface area contributed by atoms with Crippen molar-refractivity contribution in [2.75, 3.05) is 20.1 Å². The van der Waals surface area contributed by atoms with Crippen LogP contribution in [-0.2, 0) is 16.6 Å². The fourth-order valence-electron chi connectivity index (χ4n) is 2.78. The van der Waals surface area contributed by atoms with E-state index in [0.717, 1.165) is 0 Å². The first-order valence-corrected chi connectivity index (χ1v) is 9.27. The molecule has 2 aromatic rings. The summed E-state index contributed by atoms with van der Waals surface area (Å²) in [5, 5.41) is 0. The van der Waals surface area contributed by atoms with Crippen molar-refractivity contribution in [3.8, 4) is 5.69 Å². The lowest BCUT2D eigenvalue weighted by atomic mass is 10.2.